The summed E-state index contributed by atoms with van der Waals surface area (Å²) in [6.45, 7) is 1.39. The zero-order chi connectivity index (χ0) is 15.9. The SMILES string of the molecule is COc1ccc([C@@]2(O)CN(c3ccccc3)C3=[N+]2CCS3)cc1. The number of ether oxygens (including phenoxy) is 1. The summed E-state index contributed by atoms with van der Waals surface area (Å²) in [5, 5.41) is 12.6. The van der Waals surface area contributed by atoms with Crippen molar-refractivity contribution in [3.05, 3.63) is 60.2 Å². The highest BCUT2D eigenvalue weighted by molar-refractivity contribution is 8.14. The van der Waals surface area contributed by atoms with E-state index < -0.39 is 5.72 Å². The summed E-state index contributed by atoms with van der Waals surface area (Å²) in [6.07, 6.45) is 0. The molecule has 0 aromatic heterocycles. The Morgan fingerprint density at radius 2 is 1.87 bits per heavy atom. The molecule has 2 aliphatic heterocycles. The molecule has 2 aromatic rings. The fourth-order valence-electron chi connectivity index (χ4n) is 3.26. The molecule has 0 saturated carbocycles. The maximum Gasteiger partial charge on any atom is 0.316 e. The van der Waals surface area contributed by atoms with Crippen LogP contribution < -0.4 is 9.64 Å². The lowest BCUT2D eigenvalue weighted by molar-refractivity contribution is -0.650. The Labute approximate surface area is 140 Å². The minimum Gasteiger partial charge on any atom is -0.497 e. The zero-order valence-corrected chi connectivity index (χ0v) is 13.8. The van der Waals surface area contributed by atoms with E-state index in [1.54, 1.807) is 18.9 Å². The summed E-state index contributed by atoms with van der Waals surface area (Å²) < 4.78 is 7.34. The van der Waals surface area contributed by atoms with Gasteiger partial charge in [0.05, 0.1) is 13.7 Å². The average molecular weight is 327 g/mol. The largest absolute Gasteiger partial charge is 0.497 e. The van der Waals surface area contributed by atoms with E-state index in [0.717, 1.165) is 34.5 Å². The predicted molar refractivity (Wildman–Crippen MR) is 93.3 cm³/mol. The highest BCUT2D eigenvalue weighted by Crippen LogP contribution is 2.38. The molecule has 1 atom stereocenters. The lowest BCUT2D eigenvalue weighted by atomic mass is 10.0. The van der Waals surface area contributed by atoms with Crippen molar-refractivity contribution in [2.75, 3.05) is 30.9 Å². The van der Waals surface area contributed by atoms with E-state index >= 15 is 0 Å². The lowest BCUT2D eigenvalue weighted by Gasteiger charge is -2.23. The van der Waals surface area contributed by atoms with E-state index in [9.17, 15) is 5.11 Å². The van der Waals surface area contributed by atoms with Crippen molar-refractivity contribution in [1.29, 1.82) is 0 Å². The Kier molecular flexibility index (Phi) is 3.54. The summed E-state index contributed by atoms with van der Waals surface area (Å²) in [5.41, 5.74) is 1.02. The molecule has 0 saturated heterocycles. The van der Waals surface area contributed by atoms with Gasteiger partial charge in [0, 0.05) is 11.3 Å². The average Bonchev–Trinajstić information content (AvgIpc) is 3.19. The number of aliphatic hydroxyl groups is 1. The monoisotopic (exact) mass is 327 g/mol. The second-order valence-electron chi connectivity index (χ2n) is 5.75. The van der Waals surface area contributed by atoms with Crippen LogP contribution in [-0.2, 0) is 5.72 Å². The molecule has 4 rings (SSSR count). The van der Waals surface area contributed by atoms with Crippen LogP contribution in [-0.4, -0.2) is 40.8 Å². The number of hydrogen-bond acceptors (Lipinski definition) is 4. The van der Waals surface area contributed by atoms with Crippen molar-refractivity contribution >= 4 is 22.6 Å². The van der Waals surface area contributed by atoms with Crippen LogP contribution in [0.15, 0.2) is 54.6 Å². The van der Waals surface area contributed by atoms with Crippen molar-refractivity contribution in [3.8, 4) is 5.75 Å². The number of methoxy groups -OCH3 is 1. The van der Waals surface area contributed by atoms with Gasteiger partial charge in [0.1, 0.15) is 11.4 Å². The third-order valence-corrected chi connectivity index (χ3v) is 5.54. The van der Waals surface area contributed by atoms with Crippen molar-refractivity contribution in [2.45, 2.75) is 5.72 Å². The molecule has 2 aliphatic rings. The molecular formula is C18H19N2O2S+. The van der Waals surface area contributed by atoms with Gasteiger partial charge in [0.15, 0.2) is 6.54 Å². The van der Waals surface area contributed by atoms with Crippen molar-refractivity contribution < 1.29 is 14.4 Å². The highest BCUT2D eigenvalue weighted by atomic mass is 32.2. The van der Waals surface area contributed by atoms with Gasteiger partial charge in [-0.25, -0.2) is 9.48 Å². The number of benzene rings is 2. The van der Waals surface area contributed by atoms with Gasteiger partial charge >= 0.3 is 5.17 Å². The zero-order valence-electron chi connectivity index (χ0n) is 13.0. The molecule has 5 heteroatoms. The van der Waals surface area contributed by atoms with Crippen LogP contribution in [0.4, 0.5) is 5.69 Å². The van der Waals surface area contributed by atoms with Gasteiger partial charge in [0.2, 0.25) is 0 Å². The van der Waals surface area contributed by atoms with Gasteiger partial charge in [-0.15, -0.1) is 0 Å². The lowest BCUT2D eigenvalue weighted by Crippen LogP contribution is -2.41. The van der Waals surface area contributed by atoms with Gasteiger partial charge in [-0.3, -0.25) is 0 Å². The number of thioether (sulfide) groups is 1. The van der Waals surface area contributed by atoms with E-state index in [1.165, 1.54) is 0 Å². The molecule has 0 amide bonds. The quantitative estimate of drug-likeness (QED) is 0.879. The normalized spacial score (nSPS) is 23.3. The smallest absolute Gasteiger partial charge is 0.316 e. The predicted octanol–water partition coefficient (Wildman–Crippen LogP) is 2.48. The number of hydrogen-bond donors (Lipinski definition) is 1. The molecule has 118 valence electrons. The first-order valence-electron chi connectivity index (χ1n) is 7.69. The molecule has 0 fully saturated rings. The van der Waals surface area contributed by atoms with Crippen LogP contribution in [0.2, 0.25) is 0 Å². The number of nitrogens with zero attached hydrogens (tertiary/aromatic N) is 2. The number of β-amino-alcohol motifs (C(OH)–C–C–N with tert-alkyl or cyclic N) is 1. The summed E-state index contributed by atoms with van der Waals surface area (Å²) in [7, 11) is 1.65. The third-order valence-electron chi connectivity index (χ3n) is 4.45. The Morgan fingerprint density at radius 3 is 2.57 bits per heavy atom. The van der Waals surface area contributed by atoms with Crippen LogP contribution in [0.5, 0.6) is 5.75 Å². The molecule has 0 unspecified atom stereocenters. The van der Waals surface area contributed by atoms with E-state index in [2.05, 4.69) is 21.6 Å². The summed E-state index contributed by atoms with van der Waals surface area (Å²) in [6, 6.07) is 18.0. The minimum atomic E-state index is -0.999. The maximum atomic E-state index is 11.4. The molecule has 0 spiro atoms. The Morgan fingerprint density at radius 1 is 1.13 bits per heavy atom. The molecule has 0 radical (unpaired) electrons. The van der Waals surface area contributed by atoms with Crippen molar-refractivity contribution in [1.82, 2.24) is 0 Å². The molecule has 1 N–H and O–H groups in total. The fraction of sp³-hybridized carbons (Fsp3) is 0.278. The summed E-state index contributed by atoms with van der Waals surface area (Å²) >= 11 is 1.80. The van der Waals surface area contributed by atoms with Gasteiger partial charge < -0.3 is 9.84 Å². The van der Waals surface area contributed by atoms with Gasteiger partial charge in [-0.2, -0.15) is 0 Å². The Balaban J connectivity index is 1.75. The molecule has 0 aliphatic carbocycles. The molecule has 23 heavy (non-hydrogen) atoms. The van der Waals surface area contributed by atoms with Crippen molar-refractivity contribution in [3.63, 3.8) is 0 Å². The number of amidine groups is 1. The summed E-state index contributed by atoms with van der Waals surface area (Å²) in [4.78, 5) is 2.21. The first kappa shape index (κ1) is 14.6. The number of anilines is 1. The second kappa shape index (κ2) is 5.58. The van der Waals surface area contributed by atoms with Crippen LogP contribution in [0.25, 0.3) is 0 Å². The van der Waals surface area contributed by atoms with E-state index in [4.69, 9.17) is 4.74 Å². The Hall–Kier alpha value is -1.98. The van der Waals surface area contributed by atoms with Crippen LogP contribution >= 0.6 is 11.8 Å². The van der Waals surface area contributed by atoms with Crippen molar-refractivity contribution in [2.24, 2.45) is 0 Å². The maximum absolute atomic E-state index is 11.4. The van der Waals surface area contributed by atoms with E-state index in [-0.39, 0.29) is 0 Å². The summed E-state index contributed by atoms with van der Waals surface area (Å²) in [5.74, 6) is 1.80. The minimum absolute atomic E-state index is 0.533. The van der Waals surface area contributed by atoms with Crippen LogP contribution in [0.3, 0.4) is 0 Å². The molecular weight excluding hydrogens is 308 g/mol. The standard InChI is InChI=1S/C18H19N2O2S/c1-22-16-9-7-14(8-10-16)18(21)13-19(15-5-3-2-4-6-15)17-20(18)11-12-23-17/h2-10,21H,11-13H2,1H3/q+1/t18-/m0/s1. The highest BCUT2D eigenvalue weighted by Gasteiger charge is 2.54. The molecule has 0 bridgehead atoms. The molecule has 2 heterocycles. The number of rotatable bonds is 3. The first-order valence-corrected chi connectivity index (χ1v) is 8.68. The topological polar surface area (TPSA) is 35.7 Å². The van der Waals surface area contributed by atoms with Gasteiger partial charge in [0.25, 0.3) is 5.72 Å². The van der Waals surface area contributed by atoms with E-state index in [0.29, 0.717) is 6.54 Å². The fourth-order valence-corrected chi connectivity index (χ4v) is 4.44. The third kappa shape index (κ3) is 2.31. The van der Waals surface area contributed by atoms with Crippen LogP contribution in [0, 0.1) is 0 Å². The second-order valence-corrected chi connectivity index (χ2v) is 6.81. The number of para-hydroxylation sites is 1. The van der Waals surface area contributed by atoms with E-state index in [1.807, 2.05) is 42.5 Å². The molecule has 2 aromatic carbocycles. The van der Waals surface area contributed by atoms with Gasteiger partial charge in [-0.1, -0.05) is 18.2 Å². The molecule has 4 nitrogen and oxygen atoms in total. The van der Waals surface area contributed by atoms with Gasteiger partial charge in [-0.05, 0) is 48.2 Å². The Bertz CT molecular complexity index is 745. The van der Waals surface area contributed by atoms with Crippen LogP contribution in [0.1, 0.15) is 5.56 Å². The first-order chi connectivity index (χ1) is 11.2.